The highest BCUT2D eigenvalue weighted by atomic mass is 79.9. The summed E-state index contributed by atoms with van der Waals surface area (Å²) in [5.41, 5.74) is 0. The van der Waals surface area contributed by atoms with Crippen LogP contribution in [0.5, 0.6) is 0 Å². The molecule has 0 aromatic rings. The van der Waals surface area contributed by atoms with Gasteiger partial charge in [-0.1, -0.05) is 61.0 Å². The van der Waals surface area contributed by atoms with E-state index >= 15 is 0 Å². The van der Waals surface area contributed by atoms with Gasteiger partial charge in [-0.3, -0.25) is 0 Å². The number of allylic oxidation sites excluding steroid dienone is 3. The number of hydrogen-bond acceptors (Lipinski definition) is 1. The Kier molecular flexibility index (Phi) is 6.72. The van der Waals surface area contributed by atoms with Crippen molar-refractivity contribution in [1.29, 1.82) is 0 Å². The summed E-state index contributed by atoms with van der Waals surface area (Å²) in [6, 6.07) is 0. The maximum Gasteiger partial charge on any atom is 0.192 e. The lowest BCUT2D eigenvalue weighted by atomic mass is 10.2. The van der Waals surface area contributed by atoms with Gasteiger partial charge in [0.2, 0.25) is 0 Å². The Morgan fingerprint density at radius 1 is 1.13 bits per heavy atom. The molecule has 0 amide bonds. The first-order chi connectivity index (χ1) is 6.81. The van der Waals surface area contributed by atoms with Gasteiger partial charge in [0.05, 0.1) is 6.61 Å². The van der Waals surface area contributed by atoms with Gasteiger partial charge in [0, 0.05) is 5.33 Å². The second-order valence-corrected chi connectivity index (χ2v) is 10.5. The topological polar surface area (TPSA) is 9.23 Å². The minimum Gasteiger partial charge on any atom is -0.413 e. The Morgan fingerprint density at radius 3 is 2.13 bits per heavy atom. The van der Waals surface area contributed by atoms with Crippen LogP contribution >= 0.6 is 15.9 Å². The second kappa shape index (κ2) is 6.66. The molecule has 0 aliphatic rings. The van der Waals surface area contributed by atoms with Gasteiger partial charge in [0.1, 0.15) is 0 Å². The van der Waals surface area contributed by atoms with Gasteiger partial charge in [-0.15, -0.1) is 0 Å². The van der Waals surface area contributed by atoms with Crippen molar-refractivity contribution >= 4 is 24.2 Å². The predicted molar refractivity (Wildman–Crippen MR) is 75.2 cm³/mol. The van der Waals surface area contributed by atoms with Crippen LogP contribution in [0.2, 0.25) is 18.1 Å². The molecule has 0 rings (SSSR count). The van der Waals surface area contributed by atoms with Crippen molar-refractivity contribution in [1.82, 2.24) is 0 Å². The molecule has 15 heavy (non-hydrogen) atoms. The molecule has 0 bridgehead atoms. The zero-order valence-electron chi connectivity index (χ0n) is 10.5. The van der Waals surface area contributed by atoms with E-state index in [-0.39, 0.29) is 0 Å². The molecule has 0 saturated heterocycles. The monoisotopic (exact) mass is 290 g/mol. The average Bonchev–Trinajstić information content (AvgIpc) is 2.09. The second-order valence-electron chi connectivity index (χ2n) is 5.08. The lowest BCUT2D eigenvalue weighted by molar-refractivity contribution is 0.328. The van der Waals surface area contributed by atoms with Crippen LogP contribution in [0.3, 0.4) is 0 Å². The zero-order chi connectivity index (χ0) is 11.9. The van der Waals surface area contributed by atoms with Crippen LogP contribution in [0.1, 0.15) is 20.8 Å². The van der Waals surface area contributed by atoms with Gasteiger partial charge in [0.15, 0.2) is 8.32 Å². The highest BCUT2D eigenvalue weighted by Gasteiger charge is 2.36. The van der Waals surface area contributed by atoms with Crippen molar-refractivity contribution in [2.24, 2.45) is 0 Å². The molecule has 0 heterocycles. The Bertz CT molecular complexity index is 226. The maximum atomic E-state index is 5.98. The number of hydrogen-bond donors (Lipinski definition) is 0. The summed E-state index contributed by atoms with van der Waals surface area (Å²) in [7, 11) is -1.56. The molecular weight excluding hydrogens is 268 g/mol. The molecule has 0 N–H and O–H groups in total. The number of rotatable bonds is 5. The van der Waals surface area contributed by atoms with Gasteiger partial charge in [0.25, 0.3) is 0 Å². The SMILES string of the molecule is CC(C)(C)[Si](C)(C)OC/C=C/C=C/CBr. The van der Waals surface area contributed by atoms with Crippen LogP contribution in [0.25, 0.3) is 0 Å². The Labute approximate surface area is 104 Å². The molecule has 0 aromatic heterocycles. The van der Waals surface area contributed by atoms with Gasteiger partial charge < -0.3 is 4.43 Å². The molecule has 0 saturated carbocycles. The Balaban J connectivity index is 3.96. The Morgan fingerprint density at radius 2 is 1.67 bits per heavy atom. The average molecular weight is 291 g/mol. The van der Waals surface area contributed by atoms with E-state index < -0.39 is 8.32 Å². The molecule has 0 fully saturated rings. The van der Waals surface area contributed by atoms with Crippen molar-refractivity contribution in [3.8, 4) is 0 Å². The van der Waals surface area contributed by atoms with E-state index in [1.165, 1.54) is 0 Å². The molecular formula is C12H23BrOSi. The summed E-state index contributed by atoms with van der Waals surface area (Å²) >= 11 is 3.33. The van der Waals surface area contributed by atoms with Crippen molar-refractivity contribution in [3.05, 3.63) is 24.3 Å². The van der Waals surface area contributed by atoms with Gasteiger partial charge in [-0.25, -0.2) is 0 Å². The van der Waals surface area contributed by atoms with E-state index in [1.807, 2.05) is 12.2 Å². The van der Waals surface area contributed by atoms with Gasteiger partial charge in [-0.2, -0.15) is 0 Å². The molecule has 88 valence electrons. The standard InChI is InChI=1S/C12H23BrOSi/c1-12(2,3)15(4,5)14-11-9-7-6-8-10-13/h6-9H,10-11H2,1-5H3/b8-6+,9-7+. The third-order valence-electron chi connectivity index (χ3n) is 2.82. The first-order valence-corrected chi connectivity index (χ1v) is 9.36. The summed E-state index contributed by atoms with van der Waals surface area (Å²) < 4.78 is 5.98. The van der Waals surface area contributed by atoms with Crippen molar-refractivity contribution in [3.63, 3.8) is 0 Å². The molecule has 0 radical (unpaired) electrons. The minimum absolute atomic E-state index is 0.298. The quantitative estimate of drug-likeness (QED) is 0.411. The molecule has 0 atom stereocenters. The van der Waals surface area contributed by atoms with E-state index in [1.54, 1.807) is 0 Å². The molecule has 0 unspecified atom stereocenters. The normalized spacial score (nSPS) is 14.3. The zero-order valence-corrected chi connectivity index (χ0v) is 13.1. The van der Waals surface area contributed by atoms with Gasteiger partial charge >= 0.3 is 0 Å². The molecule has 1 nitrogen and oxygen atoms in total. The van der Waals surface area contributed by atoms with Crippen molar-refractivity contribution in [2.45, 2.75) is 38.9 Å². The predicted octanol–water partition coefficient (Wildman–Crippen LogP) is 4.52. The lowest BCUT2D eigenvalue weighted by Crippen LogP contribution is -2.40. The van der Waals surface area contributed by atoms with E-state index in [2.05, 4.69) is 61.9 Å². The smallest absolute Gasteiger partial charge is 0.192 e. The van der Waals surface area contributed by atoms with Crippen LogP contribution in [0.15, 0.2) is 24.3 Å². The molecule has 0 aromatic carbocycles. The Hall–Kier alpha value is 0.137. The first kappa shape index (κ1) is 15.1. The molecule has 0 spiro atoms. The van der Waals surface area contributed by atoms with Crippen LogP contribution in [0, 0.1) is 0 Å². The fourth-order valence-electron chi connectivity index (χ4n) is 0.737. The van der Waals surface area contributed by atoms with Crippen molar-refractivity contribution in [2.75, 3.05) is 11.9 Å². The van der Waals surface area contributed by atoms with E-state index in [0.717, 1.165) is 11.9 Å². The minimum atomic E-state index is -1.56. The van der Waals surface area contributed by atoms with Crippen LogP contribution < -0.4 is 0 Å². The summed E-state index contributed by atoms with van der Waals surface area (Å²) in [6.45, 7) is 12.0. The highest BCUT2D eigenvalue weighted by molar-refractivity contribution is 9.09. The maximum absolute atomic E-state index is 5.98. The highest BCUT2D eigenvalue weighted by Crippen LogP contribution is 2.36. The summed E-state index contributed by atoms with van der Waals surface area (Å²) in [5, 5.41) is 1.20. The number of alkyl halides is 1. The van der Waals surface area contributed by atoms with E-state index in [4.69, 9.17) is 4.43 Å². The fraction of sp³-hybridized carbons (Fsp3) is 0.667. The van der Waals surface area contributed by atoms with Crippen molar-refractivity contribution < 1.29 is 4.43 Å². The van der Waals surface area contributed by atoms with E-state index in [9.17, 15) is 0 Å². The molecule has 0 aliphatic carbocycles. The van der Waals surface area contributed by atoms with E-state index in [0.29, 0.717) is 5.04 Å². The van der Waals surface area contributed by atoms with Crippen LogP contribution in [-0.2, 0) is 4.43 Å². The third kappa shape index (κ3) is 6.33. The summed E-state index contributed by atoms with van der Waals surface area (Å²) in [5.74, 6) is 0. The lowest BCUT2D eigenvalue weighted by Gasteiger charge is -2.35. The molecule has 0 aliphatic heterocycles. The molecule has 3 heteroatoms. The van der Waals surface area contributed by atoms with Crippen LogP contribution in [0.4, 0.5) is 0 Å². The fourth-order valence-corrected chi connectivity index (χ4v) is 1.90. The largest absolute Gasteiger partial charge is 0.413 e. The third-order valence-corrected chi connectivity index (χ3v) is 7.69. The summed E-state index contributed by atoms with van der Waals surface area (Å²) in [4.78, 5) is 0. The van der Waals surface area contributed by atoms with Gasteiger partial charge in [-0.05, 0) is 18.1 Å². The number of halogens is 1. The summed E-state index contributed by atoms with van der Waals surface area (Å²) in [6.07, 6.45) is 8.20. The first-order valence-electron chi connectivity index (χ1n) is 5.33. The van der Waals surface area contributed by atoms with Crippen LogP contribution in [-0.4, -0.2) is 20.3 Å².